The van der Waals surface area contributed by atoms with Crippen LogP contribution in [0.1, 0.15) is 15.2 Å². The number of aryl methyl sites for hydroxylation is 1. The summed E-state index contributed by atoms with van der Waals surface area (Å²) in [4.78, 5) is 13.2. The van der Waals surface area contributed by atoms with Crippen molar-refractivity contribution in [2.75, 3.05) is 10.7 Å². The van der Waals surface area contributed by atoms with Crippen LogP contribution < -0.4 is 0 Å². The molecule has 3 rings (SSSR count). The van der Waals surface area contributed by atoms with Crippen molar-refractivity contribution in [1.29, 1.82) is 0 Å². The zero-order valence-electron chi connectivity index (χ0n) is 10.7. The molecular formula is C16H12Br2OS. The second kappa shape index (κ2) is 5.96. The van der Waals surface area contributed by atoms with Gasteiger partial charge in [-0.1, -0.05) is 56.1 Å². The van der Waals surface area contributed by atoms with Crippen molar-refractivity contribution in [2.45, 2.75) is 6.42 Å². The van der Waals surface area contributed by atoms with E-state index in [4.69, 9.17) is 0 Å². The van der Waals surface area contributed by atoms with Crippen LogP contribution >= 0.6 is 43.2 Å². The minimum absolute atomic E-state index is 0.123. The molecule has 0 fully saturated rings. The van der Waals surface area contributed by atoms with E-state index in [1.54, 1.807) is 0 Å². The first-order chi connectivity index (χ1) is 9.72. The number of benzene rings is 2. The van der Waals surface area contributed by atoms with Crippen LogP contribution in [0.25, 0.3) is 20.9 Å². The predicted molar refractivity (Wildman–Crippen MR) is 95.0 cm³/mol. The lowest BCUT2D eigenvalue weighted by Crippen LogP contribution is -1.99. The van der Waals surface area contributed by atoms with E-state index in [-0.39, 0.29) is 5.78 Å². The van der Waals surface area contributed by atoms with E-state index in [1.807, 2.05) is 23.5 Å². The van der Waals surface area contributed by atoms with Gasteiger partial charge in [0, 0.05) is 20.5 Å². The fourth-order valence-corrected chi connectivity index (χ4v) is 4.55. The molecule has 0 aliphatic heterocycles. The topological polar surface area (TPSA) is 17.1 Å². The van der Waals surface area contributed by atoms with Crippen molar-refractivity contribution in [1.82, 2.24) is 0 Å². The fraction of sp³-hybridized carbons (Fsp3) is 0.188. The summed E-state index contributed by atoms with van der Waals surface area (Å²) in [6, 6.07) is 12.5. The van der Waals surface area contributed by atoms with Crippen molar-refractivity contribution in [3.8, 4) is 0 Å². The molecule has 0 amide bonds. The van der Waals surface area contributed by atoms with Gasteiger partial charge in [0.05, 0.1) is 5.33 Å². The number of rotatable bonds is 4. The summed E-state index contributed by atoms with van der Waals surface area (Å²) < 4.78 is 1.32. The van der Waals surface area contributed by atoms with Crippen molar-refractivity contribution in [3.63, 3.8) is 0 Å². The lowest BCUT2D eigenvalue weighted by molar-refractivity contribution is 0.102. The van der Waals surface area contributed by atoms with E-state index in [2.05, 4.69) is 56.1 Å². The van der Waals surface area contributed by atoms with Crippen LogP contribution in [0, 0.1) is 0 Å². The molecule has 0 N–H and O–H groups in total. The van der Waals surface area contributed by atoms with Crippen LogP contribution in [-0.2, 0) is 6.42 Å². The molecule has 0 radical (unpaired) electrons. The van der Waals surface area contributed by atoms with E-state index < -0.39 is 0 Å². The number of Topliss-reactive ketones (excluding diaryl/α,β-unsaturated/α-hetero) is 1. The van der Waals surface area contributed by atoms with Crippen molar-refractivity contribution >= 4 is 69.8 Å². The predicted octanol–water partition coefficient (Wildman–Crippen LogP) is 5.57. The van der Waals surface area contributed by atoms with Crippen LogP contribution in [0.2, 0.25) is 0 Å². The highest BCUT2D eigenvalue weighted by Crippen LogP contribution is 2.33. The van der Waals surface area contributed by atoms with Crippen molar-refractivity contribution < 1.29 is 4.79 Å². The number of carbonyl (C=O) groups is 1. The number of halogens is 2. The van der Waals surface area contributed by atoms with Crippen LogP contribution in [0.15, 0.2) is 36.4 Å². The number of hydrogen-bond acceptors (Lipinski definition) is 2. The summed E-state index contributed by atoms with van der Waals surface area (Å²) in [7, 11) is 0. The SMILES string of the molecule is O=C(CBr)c1ccc2c(ccc3cc(CCBr)sc32)c1. The Kier molecular flexibility index (Phi) is 4.24. The maximum atomic E-state index is 11.8. The molecule has 4 heteroatoms. The van der Waals surface area contributed by atoms with Gasteiger partial charge in [0.15, 0.2) is 5.78 Å². The van der Waals surface area contributed by atoms with Crippen molar-refractivity contribution in [2.24, 2.45) is 0 Å². The second-order valence-corrected chi connectivity index (χ2v) is 7.12. The Hall–Kier alpha value is -0.710. The molecule has 1 nitrogen and oxygen atoms in total. The molecule has 0 spiro atoms. The highest BCUT2D eigenvalue weighted by atomic mass is 79.9. The number of hydrogen-bond donors (Lipinski definition) is 0. The average molecular weight is 412 g/mol. The molecule has 2 aromatic carbocycles. The lowest BCUT2D eigenvalue weighted by atomic mass is 10.0. The number of carbonyl (C=O) groups excluding carboxylic acids is 1. The summed E-state index contributed by atoms with van der Waals surface area (Å²) in [5.41, 5.74) is 0.769. The van der Waals surface area contributed by atoms with E-state index in [0.29, 0.717) is 5.33 Å². The van der Waals surface area contributed by atoms with Gasteiger partial charge >= 0.3 is 0 Å². The van der Waals surface area contributed by atoms with Crippen LogP contribution in [0.3, 0.4) is 0 Å². The summed E-state index contributed by atoms with van der Waals surface area (Å²) in [6.45, 7) is 0. The standard InChI is InChI=1S/C16H12Br2OS/c17-6-5-13-8-12-2-1-10-7-11(15(19)9-18)3-4-14(10)16(12)20-13/h1-4,7-8H,5-6,9H2. The fourth-order valence-electron chi connectivity index (χ4n) is 2.35. The molecular weight excluding hydrogens is 400 g/mol. The van der Waals surface area contributed by atoms with Gasteiger partial charge in [-0.05, 0) is 34.7 Å². The first kappa shape index (κ1) is 14.2. The van der Waals surface area contributed by atoms with Crippen LogP contribution in [-0.4, -0.2) is 16.4 Å². The number of fused-ring (bicyclic) bond motifs is 3. The van der Waals surface area contributed by atoms with Crippen LogP contribution in [0.5, 0.6) is 0 Å². The summed E-state index contributed by atoms with van der Waals surface area (Å²) in [5, 5.41) is 5.02. The number of alkyl halides is 2. The van der Waals surface area contributed by atoms with Gasteiger partial charge in [-0.3, -0.25) is 4.79 Å². The Morgan fingerprint density at radius 3 is 2.60 bits per heavy atom. The van der Waals surface area contributed by atoms with E-state index in [9.17, 15) is 4.79 Å². The van der Waals surface area contributed by atoms with Gasteiger partial charge in [-0.15, -0.1) is 11.3 Å². The van der Waals surface area contributed by atoms with Crippen molar-refractivity contribution in [3.05, 3.63) is 46.8 Å². The largest absolute Gasteiger partial charge is 0.293 e. The molecule has 0 saturated heterocycles. The molecule has 0 aliphatic carbocycles. The third-order valence-corrected chi connectivity index (χ3v) is 5.48. The summed E-state index contributed by atoms with van der Waals surface area (Å²) in [5.74, 6) is 0.123. The molecule has 3 aromatic rings. The van der Waals surface area contributed by atoms with Gasteiger partial charge in [0.25, 0.3) is 0 Å². The van der Waals surface area contributed by atoms with E-state index in [1.165, 1.54) is 20.3 Å². The molecule has 0 bridgehead atoms. The zero-order valence-corrected chi connectivity index (χ0v) is 14.6. The molecule has 0 aliphatic rings. The minimum atomic E-state index is 0.123. The highest BCUT2D eigenvalue weighted by Gasteiger charge is 2.09. The molecule has 0 saturated carbocycles. The average Bonchev–Trinajstić information content (AvgIpc) is 2.89. The number of thiophene rings is 1. The monoisotopic (exact) mass is 410 g/mol. The maximum Gasteiger partial charge on any atom is 0.173 e. The van der Waals surface area contributed by atoms with Gasteiger partial charge in [0.2, 0.25) is 0 Å². The Balaban J connectivity index is 2.18. The Morgan fingerprint density at radius 1 is 1.05 bits per heavy atom. The molecule has 20 heavy (non-hydrogen) atoms. The maximum absolute atomic E-state index is 11.8. The lowest BCUT2D eigenvalue weighted by Gasteiger charge is -2.02. The van der Waals surface area contributed by atoms with Gasteiger partial charge in [-0.25, -0.2) is 0 Å². The number of ketones is 1. The quantitative estimate of drug-likeness (QED) is 0.405. The third kappa shape index (κ3) is 2.57. The third-order valence-electron chi connectivity index (χ3n) is 3.33. The molecule has 1 aromatic heterocycles. The molecule has 0 atom stereocenters. The molecule has 102 valence electrons. The normalized spacial score (nSPS) is 11.3. The smallest absolute Gasteiger partial charge is 0.173 e. The second-order valence-electron chi connectivity index (χ2n) is 4.63. The van der Waals surface area contributed by atoms with Crippen LogP contribution in [0.4, 0.5) is 0 Å². The zero-order chi connectivity index (χ0) is 14.1. The molecule has 0 unspecified atom stereocenters. The summed E-state index contributed by atoms with van der Waals surface area (Å²) in [6.07, 6.45) is 1.06. The highest BCUT2D eigenvalue weighted by molar-refractivity contribution is 9.09. The minimum Gasteiger partial charge on any atom is -0.293 e. The first-order valence-electron chi connectivity index (χ1n) is 6.33. The van der Waals surface area contributed by atoms with E-state index in [0.717, 1.165) is 22.7 Å². The molecule has 1 heterocycles. The Labute approximate surface area is 138 Å². The van der Waals surface area contributed by atoms with E-state index >= 15 is 0 Å². The Bertz CT molecular complexity index is 792. The summed E-state index contributed by atoms with van der Waals surface area (Å²) >= 11 is 8.56. The van der Waals surface area contributed by atoms with Gasteiger partial charge < -0.3 is 0 Å². The first-order valence-corrected chi connectivity index (χ1v) is 9.39. The van der Waals surface area contributed by atoms with Gasteiger partial charge in [0.1, 0.15) is 0 Å². The van der Waals surface area contributed by atoms with Gasteiger partial charge in [-0.2, -0.15) is 0 Å². The Morgan fingerprint density at radius 2 is 1.85 bits per heavy atom.